The first kappa shape index (κ1) is 12.9. The van der Waals surface area contributed by atoms with E-state index in [1.165, 1.54) is 16.9 Å². The molecule has 2 atom stereocenters. The molecule has 94 valence electrons. The fraction of sp³-hybridized carbons (Fsp3) is 0.571. The molecule has 17 heavy (non-hydrogen) atoms. The number of ether oxygens (including phenoxy) is 1. The maximum Gasteiger partial charge on any atom is 0.0499 e. The van der Waals surface area contributed by atoms with Crippen LogP contribution in [-0.4, -0.2) is 26.0 Å². The van der Waals surface area contributed by atoms with Crippen molar-refractivity contribution in [1.82, 2.24) is 5.32 Å². The SMILES string of the molecule is COCC(C)CNC1CSCc2ccccc21. The number of fused-ring (bicyclic) bond motifs is 1. The minimum absolute atomic E-state index is 0.504. The van der Waals surface area contributed by atoms with Crippen molar-refractivity contribution in [2.75, 3.05) is 26.0 Å². The minimum atomic E-state index is 0.504. The van der Waals surface area contributed by atoms with Crippen molar-refractivity contribution in [1.29, 1.82) is 0 Å². The van der Waals surface area contributed by atoms with Gasteiger partial charge in [0.15, 0.2) is 0 Å². The Morgan fingerprint density at radius 3 is 3.12 bits per heavy atom. The minimum Gasteiger partial charge on any atom is -0.384 e. The molecule has 1 aliphatic heterocycles. The van der Waals surface area contributed by atoms with Crippen LogP contribution < -0.4 is 5.32 Å². The van der Waals surface area contributed by atoms with E-state index in [1.54, 1.807) is 7.11 Å². The highest BCUT2D eigenvalue weighted by Crippen LogP contribution is 2.31. The molecule has 2 unspecified atom stereocenters. The van der Waals surface area contributed by atoms with Gasteiger partial charge < -0.3 is 10.1 Å². The topological polar surface area (TPSA) is 21.3 Å². The van der Waals surface area contributed by atoms with Crippen molar-refractivity contribution in [3.63, 3.8) is 0 Å². The van der Waals surface area contributed by atoms with Crippen LogP contribution >= 0.6 is 11.8 Å². The molecule has 0 aliphatic carbocycles. The molecule has 3 heteroatoms. The van der Waals surface area contributed by atoms with Crippen molar-refractivity contribution in [2.45, 2.75) is 18.7 Å². The third-order valence-corrected chi connectivity index (χ3v) is 4.22. The molecule has 0 amide bonds. The maximum atomic E-state index is 5.17. The third kappa shape index (κ3) is 3.47. The Hall–Kier alpha value is -0.510. The smallest absolute Gasteiger partial charge is 0.0499 e. The van der Waals surface area contributed by atoms with Crippen LogP contribution in [0.2, 0.25) is 0 Å². The quantitative estimate of drug-likeness (QED) is 0.869. The summed E-state index contributed by atoms with van der Waals surface area (Å²) < 4.78 is 5.17. The van der Waals surface area contributed by atoms with Gasteiger partial charge in [-0.1, -0.05) is 31.2 Å². The predicted molar refractivity (Wildman–Crippen MR) is 74.4 cm³/mol. The van der Waals surface area contributed by atoms with E-state index in [0.717, 1.165) is 18.9 Å². The summed E-state index contributed by atoms with van der Waals surface area (Å²) in [5.74, 6) is 2.90. The molecular formula is C14H21NOS. The van der Waals surface area contributed by atoms with E-state index < -0.39 is 0 Å². The van der Waals surface area contributed by atoms with Gasteiger partial charge in [0.1, 0.15) is 0 Å². The van der Waals surface area contributed by atoms with Crippen LogP contribution in [0.15, 0.2) is 24.3 Å². The molecule has 1 aliphatic rings. The van der Waals surface area contributed by atoms with E-state index >= 15 is 0 Å². The summed E-state index contributed by atoms with van der Waals surface area (Å²) in [6, 6.07) is 9.28. The fourth-order valence-electron chi connectivity index (χ4n) is 2.24. The Morgan fingerprint density at radius 2 is 2.29 bits per heavy atom. The predicted octanol–water partition coefficient (Wildman–Crippen LogP) is 2.85. The van der Waals surface area contributed by atoms with E-state index in [0.29, 0.717) is 12.0 Å². The lowest BCUT2D eigenvalue weighted by Gasteiger charge is -2.27. The summed E-state index contributed by atoms with van der Waals surface area (Å²) in [6.07, 6.45) is 0. The van der Waals surface area contributed by atoms with Crippen LogP contribution in [-0.2, 0) is 10.5 Å². The van der Waals surface area contributed by atoms with Crippen LogP contribution in [0.1, 0.15) is 24.1 Å². The normalized spacial score (nSPS) is 20.9. The second kappa shape index (κ2) is 6.43. The molecule has 0 saturated carbocycles. The Balaban J connectivity index is 1.94. The number of methoxy groups -OCH3 is 1. The Labute approximate surface area is 108 Å². The second-order valence-corrected chi connectivity index (χ2v) is 5.77. The average molecular weight is 251 g/mol. The molecule has 2 nitrogen and oxygen atoms in total. The average Bonchev–Trinajstić information content (AvgIpc) is 2.36. The Morgan fingerprint density at radius 1 is 1.47 bits per heavy atom. The number of hydrogen-bond acceptors (Lipinski definition) is 3. The molecule has 1 N–H and O–H groups in total. The van der Waals surface area contributed by atoms with Crippen molar-refractivity contribution in [2.24, 2.45) is 5.92 Å². The molecule has 0 saturated heterocycles. The van der Waals surface area contributed by atoms with Crippen molar-refractivity contribution < 1.29 is 4.74 Å². The first-order valence-corrected chi connectivity index (χ1v) is 7.34. The van der Waals surface area contributed by atoms with E-state index in [9.17, 15) is 0 Å². The number of rotatable bonds is 5. The summed E-state index contributed by atoms with van der Waals surface area (Å²) in [5, 5.41) is 3.66. The number of hydrogen-bond donors (Lipinski definition) is 1. The summed E-state index contributed by atoms with van der Waals surface area (Å²) in [7, 11) is 1.77. The highest BCUT2D eigenvalue weighted by atomic mass is 32.2. The fourth-order valence-corrected chi connectivity index (χ4v) is 3.37. The molecule has 0 aromatic heterocycles. The molecule has 1 heterocycles. The lowest BCUT2D eigenvalue weighted by atomic mass is 10.0. The summed E-state index contributed by atoms with van der Waals surface area (Å²) in [6.45, 7) is 4.07. The van der Waals surface area contributed by atoms with Gasteiger partial charge in [-0.05, 0) is 17.0 Å². The number of nitrogens with one attached hydrogen (secondary N) is 1. The largest absolute Gasteiger partial charge is 0.384 e. The van der Waals surface area contributed by atoms with Crippen LogP contribution in [0.3, 0.4) is 0 Å². The van der Waals surface area contributed by atoms with E-state index in [2.05, 4.69) is 36.5 Å². The van der Waals surface area contributed by atoms with E-state index in [1.807, 2.05) is 11.8 Å². The van der Waals surface area contributed by atoms with Gasteiger partial charge in [0.25, 0.3) is 0 Å². The molecule has 2 rings (SSSR count). The standard InChI is InChI=1S/C14H21NOS/c1-11(8-16-2)7-15-14-10-17-9-12-5-3-4-6-13(12)14/h3-6,11,14-15H,7-10H2,1-2H3. The van der Waals surface area contributed by atoms with Crippen molar-refractivity contribution in [3.8, 4) is 0 Å². The van der Waals surface area contributed by atoms with Gasteiger partial charge in [-0.15, -0.1) is 0 Å². The van der Waals surface area contributed by atoms with Gasteiger partial charge >= 0.3 is 0 Å². The van der Waals surface area contributed by atoms with Crippen LogP contribution in [0.5, 0.6) is 0 Å². The molecular weight excluding hydrogens is 230 g/mol. The van der Waals surface area contributed by atoms with E-state index in [4.69, 9.17) is 4.74 Å². The van der Waals surface area contributed by atoms with Crippen molar-refractivity contribution >= 4 is 11.8 Å². The monoisotopic (exact) mass is 251 g/mol. The summed E-state index contributed by atoms with van der Waals surface area (Å²) in [5.41, 5.74) is 2.97. The Bertz CT molecular complexity index is 356. The maximum absolute atomic E-state index is 5.17. The Kier molecular flexibility index (Phi) is 4.89. The van der Waals surface area contributed by atoms with Crippen molar-refractivity contribution in [3.05, 3.63) is 35.4 Å². The first-order valence-electron chi connectivity index (χ1n) is 6.19. The van der Waals surface area contributed by atoms with Crippen LogP contribution in [0.25, 0.3) is 0 Å². The molecule has 1 aromatic carbocycles. The molecule has 0 radical (unpaired) electrons. The third-order valence-electron chi connectivity index (χ3n) is 3.14. The molecule has 1 aromatic rings. The lowest BCUT2D eigenvalue weighted by Crippen LogP contribution is -2.31. The highest BCUT2D eigenvalue weighted by molar-refractivity contribution is 7.98. The van der Waals surface area contributed by atoms with Gasteiger partial charge in [-0.25, -0.2) is 0 Å². The zero-order valence-corrected chi connectivity index (χ0v) is 11.4. The van der Waals surface area contributed by atoms with Gasteiger partial charge in [0.2, 0.25) is 0 Å². The second-order valence-electron chi connectivity index (χ2n) is 4.74. The first-order chi connectivity index (χ1) is 8.31. The van der Waals surface area contributed by atoms with Gasteiger partial charge in [0, 0.05) is 37.8 Å². The zero-order chi connectivity index (χ0) is 12.1. The molecule has 0 bridgehead atoms. The molecule has 0 spiro atoms. The van der Waals surface area contributed by atoms with Gasteiger partial charge in [-0.2, -0.15) is 11.8 Å². The summed E-state index contributed by atoms with van der Waals surface area (Å²) >= 11 is 2.02. The highest BCUT2D eigenvalue weighted by Gasteiger charge is 2.19. The number of benzene rings is 1. The number of thioether (sulfide) groups is 1. The van der Waals surface area contributed by atoms with Crippen LogP contribution in [0.4, 0.5) is 0 Å². The summed E-state index contributed by atoms with van der Waals surface area (Å²) in [4.78, 5) is 0. The van der Waals surface area contributed by atoms with Gasteiger partial charge in [-0.3, -0.25) is 0 Å². The van der Waals surface area contributed by atoms with Crippen LogP contribution in [0, 0.1) is 5.92 Å². The zero-order valence-electron chi connectivity index (χ0n) is 10.6. The van der Waals surface area contributed by atoms with Gasteiger partial charge in [0.05, 0.1) is 0 Å². The van der Waals surface area contributed by atoms with E-state index in [-0.39, 0.29) is 0 Å². The lowest BCUT2D eigenvalue weighted by molar-refractivity contribution is 0.157. The molecule has 0 fully saturated rings.